The molecule has 15 heteroatoms. The Morgan fingerprint density at radius 2 is 1.62 bits per heavy atom. The van der Waals surface area contributed by atoms with Crippen LogP contribution in [0.25, 0.3) is 11.3 Å². The van der Waals surface area contributed by atoms with Crippen LogP contribution in [0.4, 0.5) is 5.95 Å². The van der Waals surface area contributed by atoms with Crippen LogP contribution in [0.2, 0.25) is 10.0 Å². The quantitative estimate of drug-likeness (QED) is 0.258. The fourth-order valence-corrected chi connectivity index (χ4v) is 6.16. The van der Waals surface area contributed by atoms with Gasteiger partial charge in [-0.05, 0) is 61.7 Å². The van der Waals surface area contributed by atoms with Crippen LogP contribution in [0.5, 0.6) is 11.6 Å². The first kappa shape index (κ1) is 34.3. The molecule has 0 spiro atoms. The van der Waals surface area contributed by atoms with Crippen LogP contribution in [-0.2, 0) is 20.9 Å². The van der Waals surface area contributed by atoms with Gasteiger partial charge in [-0.3, -0.25) is 24.6 Å². The number of likely N-dealkylation sites (tertiary alicyclic amines) is 1. The minimum absolute atomic E-state index is 0.00205. The van der Waals surface area contributed by atoms with Crippen LogP contribution in [0.15, 0.2) is 42.7 Å². The number of carbonyl (C=O) groups excluding carboxylic acids is 2. The number of benzene rings is 1. The van der Waals surface area contributed by atoms with Crippen molar-refractivity contribution in [3.05, 3.63) is 58.3 Å². The van der Waals surface area contributed by atoms with Crippen LogP contribution in [-0.4, -0.2) is 107 Å². The fraction of sp³-hybridized carbons (Fsp3) is 0.438. The third-order valence-corrected chi connectivity index (χ3v) is 8.51. The van der Waals surface area contributed by atoms with E-state index in [1.807, 2.05) is 29.2 Å². The highest BCUT2D eigenvalue weighted by atomic mass is 35.5. The van der Waals surface area contributed by atoms with Crippen molar-refractivity contribution in [1.82, 2.24) is 35.4 Å². The Morgan fingerprint density at radius 3 is 2.26 bits per heavy atom. The maximum absolute atomic E-state index is 12.4. The maximum Gasteiger partial charge on any atom is 0.317 e. The lowest BCUT2D eigenvalue weighted by Crippen LogP contribution is -2.51. The highest BCUT2D eigenvalue weighted by Crippen LogP contribution is 2.31. The summed E-state index contributed by atoms with van der Waals surface area (Å²) in [6.07, 6.45) is 5.20. The molecule has 0 atom stereocenters. The zero-order chi connectivity index (χ0) is 33.3. The number of nitrogens with one attached hydrogen (secondary N) is 2. The predicted molar refractivity (Wildman–Crippen MR) is 178 cm³/mol. The molecule has 47 heavy (non-hydrogen) atoms. The Labute approximate surface area is 283 Å². The molecule has 2 aliphatic rings. The molecule has 4 heterocycles. The van der Waals surface area contributed by atoms with E-state index in [1.54, 1.807) is 30.3 Å². The first-order chi connectivity index (χ1) is 22.6. The number of piperazine rings is 1. The van der Waals surface area contributed by atoms with Crippen LogP contribution < -0.4 is 20.3 Å². The standard InChI is InChI=1S/C32H38Cl2N8O5/c1-21(43)36-15-22-2-4-40(5-3-22)20-23-10-28(24-12-25(33)14-26(34)13-24)39-29(11-23)47-27-16-37-32(38-17-27)42-8-6-41(7-9-42)30(44)18-35-19-31(45)46/h10-14,16-17,22,35H,2-9,15,18-20H2,1H3,(H,36,43)(H,45,46). The van der Waals surface area contributed by atoms with Gasteiger partial charge in [0.05, 0.1) is 31.2 Å². The van der Waals surface area contributed by atoms with Gasteiger partial charge in [0, 0.05) is 67.9 Å². The molecule has 5 rings (SSSR count). The first-order valence-electron chi connectivity index (χ1n) is 15.5. The summed E-state index contributed by atoms with van der Waals surface area (Å²) < 4.78 is 6.17. The number of aromatic nitrogens is 3. The van der Waals surface area contributed by atoms with Gasteiger partial charge >= 0.3 is 5.97 Å². The lowest BCUT2D eigenvalue weighted by Gasteiger charge is -2.34. The van der Waals surface area contributed by atoms with Gasteiger partial charge in [0.2, 0.25) is 23.6 Å². The second-order valence-electron chi connectivity index (χ2n) is 11.7. The van der Waals surface area contributed by atoms with Gasteiger partial charge in [0.25, 0.3) is 0 Å². The minimum atomic E-state index is -1.00. The number of rotatable bonds is 12. The van der Waals surface area contributed by atoms with Gasteiger partial charge in [-0.2, -0.15) is 0 Å². The van der Waals surface area contributed by atoms with Crippen molar-refractivity contribution < 1.29 is 24.2 Å². The van der Waals surface area contributed by atoms with Gasteiger partial charge in [-0.15, -0.1) is 0 Å². The van der Waals surface area contributed by atoms with Crippen LogP contribution in [0.3, 0.4) is 0 Å². The third-order valence-electron chi connectivity index (χ3n) is 8.08. The second kappa shape index (κ2) is 16.2. The number of carbonyl (C=O) groups is 3. The van der Waals surface area contributed by atoms with E-state index in [0.29, 0.717) is 78.5 Å². The van der Waals surface area contributed by atoms with Gasteiger partial charge in [-0.25, -0.2) is 15.0 Å². The number of hydrogen-bond acceptors (Lipinski definition) is 10. The summed E-state index contributed by atoms with van der Waals surface area (Å²) in [5.41, 5.74) is 2.46. The minimum Gasteiger partial charge on any atom is -0.480 e. The third kappa shape index (κ3) is 10.2. The van der Waals surface area contributed by atoms with Crippen molar-refractivity contribution in [2.75, 3.05) is 63.8 Å². The summed E-state index contributed by atoms with van der Waals surface area (Å²) in [5, 5.41) is 15.3. The largest absolute Gasteiger partial charge is 0.480 e. The molecule has 250 valence electrons. The number of halogens is 2. The summed E-state index contributed by atoms with van der Waals surface area (Å²) in [5.74, 6) is 0.650. The van der Waals surface area contributed by atoms with Crippen molar-refractivity contribution in [1.29, 1.82) is 0 Å². The van der Waals surface area contributed by atoms with E-state index in [-0.39, 0.29) is 24.9 Å². The lowest BCUT2D eigenvalue weighted by molar-refractivity contribution is -0.136. The molecule has 13 nitrogen and oxygen atoms in total. The molecule has 0 saturated carbocycles. The molecule has 3 N–H and O–H groups in total. The summed E-state index contributed by atoms with van der Waals surface area (Å²) in [7, 11) is 0. The molecular formula is C32H38Cl2N8O5. The van der Waals surface area contributed by atoms with Crippen molar-refractivity contribution in [2.24, 2.45) is 5.92 Å². The molecule has 2 aromatic heterocycles. The normalized spacial score (nSPS) is 15.8. The number of ether oxygens (including phenoxy) is 1. The average molecular weight is 686 g/mol. The molecule has 2 fully saturated rings. The Kier molecular flexibility index (Phi) is 11.8. The summed E-state index contributed by atoms with van der Waals surface area (Å²) >= 11 is 12.6. The molecular weight excluding hydrogens is 647 g/mol. The Balaban J connectivity index is 1.24. The molecule has 2 amide bonds. The van der Waals surface area contributed by atoms with E-state index < -0.39 is 5.97 Å². The highest BCUT2D eigenvalue weighted by molar-refractivity contribution is 6.35. The van der Waals surface area contributed by atoms with Gasteiger partial charge in [0.1, 0.15) is 0 Å². The van der Waals surface area contributed by atoms with Gasteiger partial charge in [-0.1, -0.05) is 23.2 Å². The number of pyridine rings is 1. The van der Waals surface area contributed by atoms with E-state index in [0.717, 1.165) is 37.1 Å². The van der Waals surface area contributed by atoms with Crippen molar-refractivity contribution >= 4 is 46.9 Å². The van der Waals surface area contributed by atoms with Crippen molar-refractivity contribution in [2.45, 2.75) is 26.3 Å². The zero-order valence-corrected chi connectivity index (χ0v) is 27.6. The Hall–Kier alpha value is -4.04. The van der Waals surface area contributed by atoms with Gasteiger partial charge < -0.3 is 25.0 Å². The summed E-state index contributed by atoms with van der Waals surface area (Å²) in [6, 6.07) is 9.23. The van der Waals surface area contributed by atoms with E-state index >= 15 is 0 Å². The predicted octanol–water partition coefficient (Wildman–Crippen LogP) is 3.31. The second-order valence-corrected chi connectivity index (χ2v) is 12.6. The van der Waals surface area contributed by atoms with E-state index in [4.69, 9.17) is 38.0 Å². The molecule has 1 aromatic carbocycles. The zero-order valence-electron chi connectivity index (χ0n) is 26.1. The molecule has 0 unspecified atom stereocenters. The number of amides is 2. The smallest absolute Gasteiger partial charge is 0.317 e. The molecule has 3 aromatic rings. The number of aliphatic carboxylic acids is 1. The van der Waals surface area contributed by atoms with E-state index in [9.17, 15) is 14.4 Å². The average Bonchev–Trinajstić information content (AvgIpc) is 3.04. The molecule has 2 saturated heterocycles. The van der Waals surface area contributed by atoms with Crippen LogP contribution in [0.1, 0.15) is 25.3 Å². The first-order valence-corrected chi connectivity index (χ1v) is 16.3. The number of anilines is 1. The molecule has 0 radical (unpaired) electrons. The fourth-order valence-electron chi connectivity index (χ4n) is 5.64. The number of hydrogen-bond donors (Lipinski definition) is 3. The number of nitrogens with zero attached hydrogens (tertiary/aromatic N) is 6. The summed E-state index contributed by atoms with van der Waals surface area (Å²) in [6.45, 7) is 6.57. The highest BCUT2D eigenvalue weighted by Gasteiger charge is 2.23. The number of carboxylic acid groups (broad SMARTS) is 1. The van der Waals surface area contributed by atoms with Crippen molar-refractivity contribution in [3.63, 3.8) is 0 Å². The number of piperidine rings is 1. The Bertz CT molecular complexity index is 1540. The SMILES string of the molecule is CC(=O)NCC1CCN(Cc2cc(Oc3cnc(N4CCN(C(=O)CNCC(=O)O)CC4)nc3)nc(-c3cc(Cl)cc(Cl)c3)c2)CC1. The van der Waals surface area contributed by atoms with Crippen LogP contribution >= 0.6 is 23.2 Å². The molecule has 2 aliphatic heterocycles. The lowest BCUT2D eigenvalue weighted by atomic mass is 9.96. The molecule has 0 bridgehead atoms. The summed E-state index contributed by atoms with van der Waals surface area (Å²) in [4.78, 5) is 54.2. The van der Waals surface area contributed by atoms with Crippen LogP contribution in [0, 0.1) is 5.92 Å². The topological polar surface area (TPSA) is 153 Å². The Morgan fingerprint density at radius 1 is 0.936 bits per heavy atom. The van der Waals surface area contributed by atoms with E-state index in [1.165, 1.54) is 0 Å². The monoisotopic (exact) mass is 684 g/mol. The van der Waals surface area contributed by atoms with Gasteiger partial charge in [0.15, 0.2) is 5.75 Å². The maximum atomic E-state index is 12.4. The van der Waals surface area contributed by atoms with Crippen molar-refractivity contribution in [3.8, 4) is 22.9 Å². The van der Waals surface area contributed by atoms with E-state index in [2.05, 4.69) is 25.5 Å². The number of carboxylic acids is 1. The molecule has 0 aliphatic carbocycles.